The van der Waals surface area contributed by atoms with Crippen molar-refractivity contribution in [3.05, 3.63) is 57.8 Å². The number of hydrogen-bond donors (Lipinski definition) is 2. The number of nitrogens with two attached hydrogens (primary N) is 1. The van der Waals surface area contributed by atoms with Crippen molar-refractivity contribution in [2.75, 3.05) is 0 Å². The van der Waals surface area contributed by atoms with E-state index in [1.165, 1.54) is 4.88 Å². The monoisotopic (exact) mass is 262 g/mol. The summed E-state index contributed by atoms with van der Waals surface area (Å²) in [6.07, 6.45) is 0. The van der Waals surface area contributed by atoms with Gasteiger partial charge in [0.15, 0.2) is 5.84 Å². The fraction of sp³-hybridized carbons (Fsp3) is 0.154. The summed E-state index contributed by atoms with van der Waals surface area (Å²) in [7, 11) is 0. The van der Waals surface area contributed by atoms with Gasteiger partial charge in [-0.1, -0.05) is 29.4 Å². The lowest BCUT2D eigenvalue weighted by molar-refractivity contribution is 0.109. The van der Waals surface area contributed by atoms with Crippen LogP contribution in [0.25, 0.3) is 0 Å². The van der Waals surface area contributed by atoms with Crippen LogP contribution in [0.4, 0.5) is 0 Å². The van der Waals surface area contributed by atoms with Crippen LogP contribution in [0.5, 0.6) is 0 Å². The van der Waals surface area contributed by atoms with Crippen molar-refractivity contribution in [2.45, 2.75) is 13.2 Å². The molecule has 94 valence electrons. The first kappa shape index (κ1) is 12.6. The van der Waals surface area contributed by atoms with Gasteiger partial charge in [0.2, 0.25) is 0 Å². The quantitative estimate of drug-likeness (QED) is 0.376. The maximum absolute atomic E-state index is 8.61. The molecule has 0 aliphatic rings. The molecule has 0 fully saturated rings. The fourth-order valence-corrected chi connectivity index (χ4v) is 2.18. The summed E-state index contributed by atoms with van der Waals surface area (Å²) in [5.41, 5.74) is 7.22. The van der Waals surface area contributed by atoms with Gasteiger partial charge < -0.3 is 15.7 Å². The van der Waals surface area contributed by atoms with E-state index in [0.717, 1.165) is 5.56 Å². The number of oxime groups is 1. The molecule has 0 saturated carbocycles. The SMILES string of the molecule is NC(=NO)c1cccc(COCc2cccs2)c1. The Kier molecular flexibility index (Phi) is 4.33. The molecule has 0 radical (unpaired) electrons. The van der Waals surface area contributed by atoms with Gasteiger partial charge in [-0.25, -0.2) is 0 Å². The van der Waals surface area contributed by atoms with Crippen LogP contribution < -0.4 is 5.73 Å². The summed E-state index contributed by atoms with van der Waals surface area (Å²) in [5.74, 6) is 0.107. The highest BCUT2D eigenvalue weighted by atomic mass is 32.1. The molecule has 3 N–H and O–H groups in total. The van der Waals surface area contributed by atoms with E-state index in [2.05, 4.69) is 5.16 Å². The van der Waals surface area contributed by atoms with Crippen LogP contribution in [0.1, 0.15) is 16.0 Å². The van der Waals surface area contributed by atoms with E-state index in [4.69, 9.17) is 15.7 Å². The average Bonchev–Trinajstić information content (AvgIpc) is 2.91. The summed E-state index contributed by atoms with van der Waals surface area (Å²) in [6, 6.07) is 11.5. The zero-order valence-electron chi connectivity index (χ0n) is 9.74. The minimum Gasteiger partial charge on any atom is -0.409 e. The highest BCUT2D eigenvalue weighted by Crippen LogP contribution is 2.12. The van der Waals surface area contributed by atoms with Crippen LogP contribution >= 0.6 is 11.3 Å². The lowest BCUT2D eigenvalue weighted by Crippen LogP contribution is -2.13. The summed E-state index contributed by atoms with van der Waals surface area (Å²) in [6.45, 7) is 1.11. The Bertz CT molecular complexity index is 524. The van der Waals surface area contributed by atoms with E-state index in [9.17, 15) is 0 Å². The summed E-state index contributed by atoms with van der Waals surface area (Å²) < 4.78 is 5.60. The van der Waals surface area contributed by atoms with Gasteiger partial charge in [0.05, 0.1) is 13.2 Å². The van der Waals surface area contributed by atoms with E-state index in [0.29, 0.717) is 18.8 Å². The van der Waals surface area contributed by atoms with Gasteiger partial charge in [-0.15, -0.1) is 11.3 Å². The second-order valence-corrected chi connectivity index (χ2v) is 4.79. The minimum atomic E-state index is 0.107. The van der Waals surface area contributed by atoms with E-state index in [1.807, 2.05) is 35.7 Å². The first-order chi connectivity index (χ1) is 8.79. The molecule has 1 aromatic carbocycles. The molecule has 18 heavy (non-hydrogen) atoms. The largest absolute Gasteiger partial charge is 0.409 e. The Labute approximate surface area is 109 Å². The molecular weight excluding hydrogens is 248 g/mol. The lowest BCUT2D eigenvalue weighted by Gasteiger charge is -2.05. The Morgan fingerprint density at radius 3 is 2.89 bits per heavy atom. The zero-order valence-corrected chi connectivity index (χ0v) is 10.6. The molecule has 0 atom stereocenters. The second-order valence-electron chi connectivity index (χ2n) is 3.76. The maximum atomic E-state index is 8.61. The number of hydrogen-bond acceptors (Lipinski definition) is 4. The second kappa shape index (κ2) is 6.18. The molecule has 5 heteroatoms. The van der Waals surface area contributed by atoms with Crippen LogP contribution in [0.3, 0.4) is 0 Å². The number of benzene rings is 1. The van der Waals surface area contributed by atoms with Crippen molar-refractivity contribution in [3.63, 3.8) is 0 Å². The van der Waals surface area contributed by atoms with Crippen LogP contribution in [0, 0.1) is 0 Å². The van der Waals surface area contributed by atoms with Crippen LogP contribution in [0.15, 0.2) is 46.9 Å². The number of thiophene rings is 1. The van der Waals surface area contributed by atoms with Crippen molar-refractivity contribution in [1.82, 2.24) is 0 Å². The van der Waals surface area contributed by atoms with Crippen molar-refractivity contribution >= 4 is 17.2 Å². The van der Waals surface area contributed by atoms with Gasteiger partial charge in [0, 0.05) is 10.4 Å². The average molecular weight is 262 g/mol. The van der Waals surface area contributed by atoms with Gasteiger partial charge in [-0.2, -0.15) is 0 Å². The highest BCUT2D eigenvalue weighted by Gasteiger charge is 2.01. The predicted octanol–water partition coefficient (Wildman–Crippen LogP) is 2.56. The molecule has 0 amide bonds. The molecule has 0 saturated heterocycles. The Balaban J connectivity index is 1.93. The van der Waals surface area contributed by atoms with E-state index in [1.54, 1.807) is 17.4 Å². The van der Waals surface area contributed by atoms with E-state index in [-0.39, 0.29) is 5.84 Å². The third kappa shape index (κ3) is 3.32. The summed E-state index contributed by atoms with van der Waals surface area (Å²) >= 11 is 1.67. The van der Waals surface area contributed by atoms with E-state index < -0.39 is 0 Å². The Morgan fingerprint density at radius 1 is 1.28 bits per heavy atom. The molecule has 0 bridgehead atoms. The highest BCUT2D eigenvalue weighted by molar-refractivity contribution is 7.09. The van der Waals surface area contributed by atoms with Crippen molar-refractivity contribution in [2.24, 2.45) is 10.9 Å². The number of nitrogens with zero attached hydrogens (tertiary/aromatic N) is 1. The Hall–Kier alpha value is -1.85. The molecule has 1 aromatic heterocycles. The standard InChI is InChI=1S/C13H14N2O2S/c14-13(15-16)11-4-1-3-10(7-11)8-17-9-12-5-2-6-18-12/h1-7,16H,8-9H2,(H2,14,15). The molecule has 2 rings (SSSR count). The number of rotatable bonds is 5. The molecule has 2 aromatic rings. The molecule has 0 aliphatic carbocycles. The maximum Gasteiger partial charge on any atom is 0.170 e. The van der Waals surface area contributed by atoms with Gasteiger partial charge in [-0.3, -0.25) is 0 Å². The molecule has 4 nitrogen and oxygen atoms in total. The van der Waals surface area contributed by atoms with Crippen LogP contribution in [-0.4, -0.2) is 11.0 Å². The van der Waals surface area contributed by atoms with E-state index >= 15 is 0 Å². The molecule has 0 unspecified atom stereocenters. The van der Waals surface area contributed by atoms with Crippen molar-refractivity contribution in [1.29, 1.82) is 0 Å². The molecular formula is C13H14N2O2S. The van der Waals surface area contributed by atoms with Gasteiger partial charge >= 0.3 is 0 Å². The predicted molar refractivity (Wildman–Crippen MR) is 71.8 cm³/mol. The molecule has 0 aliphatic heterocycles. The van der Waals surface area contributed by atoms with Gasteiger partial charge in [0.1, 0.15) is 0 Å². The van der Waals surface area contributed by atoms with Crippen LogP contribution in [-0.2, 0) is 18.0 Å². The first-order valence-electron chi connectivity index (χ1n) is 5.46. The van der Waals surface area contributed by atoms with Crippen molar-refractivity contribution < 1.29 is 9.94 Å². The minimum absolute atomic E-state index is 0.107. The zero-order chi connectivity index (χ0) is 12.8. The fourth-order valence-electron chi connectivity index (χ4n) is 1.54. The van der Waals surface area contributed by atoms with Crippen molar-refractivity contribution in [3.8, 4) is 0 Å². The lowest BCUT2D eigenvalue weighted by atomic mass is 10.1. The van der Waals surface area contributed by atoms with Crippen LogP contribution in [0.2, 0.25) is 0 Å². The topological polar surface area (TPSA) is 67.8 Å². The third-order valence-electron chi connectivity index (χ3n) is 2.42. The molecule has 0 spiro atoms. The normalized spacial score (nSPS) is 11.7. The first-order valence-corrected chi connectivity index (χ1v) is 6.34. The number of ether oxygens (including phenoxy) is 1. The van der Waals surface area contributed by atoms with Gasteiger partial charge in [-0.05, 0) is 23.1 Å². The Morgan fingerprint density at radius 2 is 2.17 bits per heavy atom. The summed E-state index contributed by atoms with van der Waals surface area (Å²) in [5, 5.41) is 13.6. The molecule has 1 heterocycles. The third-order valence-corrected chi connectivity index (χ3v) is 3.27. The smallest absolute Gasteiger partial charge is 0.170 e. The number of amidine groups is 1. The van der Waals surface area contributed by atoms with Gasteiger partial charge in [0.25, 0.3) is 0 Å². The summed E-state index contributed by atoms with van der Waals surface area (Å²) in [4.78, 5) is 1.20.